The molecule has 0 amide bonds. The lowest BCUT2D eigenvalue weighted by Gasteiger charge is -2.48. The van der Waals surface area contributed by atoms with Crippen molar-refractivity contribution >= 4 is 11.3 Å². The predicted molar refractivity (Wildman–Crippen MR) is 83.9 cm³/mol. The molecule has 2 saturated carbocycles. The zero-order valence-corrected chi connectivity index (χ0v) is 13.2. The number of hydrogen-bond donors (Lipinski definition) is 1. The Kier molecular flexibility index (Phi) is 4.46. The highest BCUT2D eigenvalue weighted by Gasteiger charge is 2.46. The molecular weight excluding hydrogens is 268 g/mol. The number of methoxy groups -OCH3 is 1. The molecule has 4 heteroatoms. The molecule has 0 spiro atoms. The molecule has 2 aliphatic rings. The van der Waals surface area contributed by atoms with Crippen molar-refractivity contribution in [3.63, 3.8) is 0 Å². The van der Waals surface area contributed by atoms with E-state index >= 15 is 0 Å². The fourth-order valence-corrected chi connectivity index (χ4v) is 4.39. The smallest absolute Gasteiger partial charge is 0.0589 e. The van der Waals surface area contributed by atoms with Crippen LogP contribution in [0, 0.1) is 0 Å². The molecule has 20 heavy (non-hydrogen) atoms. The summed E-state index contributed by atoms with van der Waals surface area (Å²) in [5.41, 5.74) is 6.41. The topological polar surface area (TPSA) is 38.5 Å². The van der Waals surface area contributed by atoms with Crippen LogP contribution in [0.4, 0.5) is 0 Å². The molecule has 1 aromatic rings. The van der Waals surface area contributed by atoms with Gasteiger partial charge < -0.3 is 10.5 Å². The standard InChI is InChI=1S/C16H26N2OS/c1-19-14-4-2-8-16(10-14,12-17)18(13-6-7-13)11-15-5-3-9-20-15/h3,5,9,13-14H,2,4,6-8,10-12,17H2,1H3. The van der Waals surface area contributed by atoms with Gasteiger partial charge in [0.2, 0.25) is 0 Å². The highest BCUT2D eigenvalue weighted by molar-refractivity contribution is 7.09. The van der Waals surface area contributed by atoms with E-state index in [1.54, 1.807) is 0 Å². The van der Waals surface area contributed by atoms with E-state index in [0.717, 1.165) is 25.6 Å². The molecule has 0 radical (unpaired) electrons. The van der Waals surface area contributed by atoms with Crippen LogP contribution in [-0.4, -0.2) is 36.2 Å². The molecule has 2 fully saturated rings. The van der Waals surface area contributed by atoms with Crippen molar-refractivity contribution in [2.45, 2.75) is 62.8 Å². The van der Waals surface area contributed by atoms with Crippen molar-refractivity contribution < 1.29 is 4.74 Å². The first kappa shape index (κ1) is 14.5. The van der Waals surface area contributed by atoms with Crippen molar-refractivity contribution in [1.82, 2.24) is 4.90 Å². The summed E-state index contributed by atoms with van der Waals surface area (Å²) >= 11 is 1.86. The lowest BCUT2D eigenvalue weighted by Crippen LogP contribution is -2.57. The van der Waals surface area contributed by atoms with Gasteiger partial charge in [0.05, 0.1) is 6.10 Å². The summed E-state index contributed by atoms with van der Waals surface area (Å²) < 4.78 is 5.65. The largest absolute Gasteiger partial charge is 0.381 e. The molecule has 2 unspecified atom stereocenters. The SMILES string of the molecule is COC1CCCC(CN)(N(Cc2cccs2)C2CC2)C1. The Hall–Kier alpha value is -0.420. The molecule has 0 aliphatic heterocycles. The maximum absolute atomic E-state index is 6.26. The minimum Gasteiger partial charge on any atom is -0.381 e. The van der Waals surface area contributed by atoms with E-state index in [1.807, 2.05) is 18.4 Å². The van der Waals surface area contributed by atoms with Gasteiger partial charge in [0, 0.05) is 36.7 Å². The van der Waals surface area contributed by atoms with Crippen LogP contribution in [0.3, 0.4) is 0 Å². The van der Waals surface area contributed by atoms with Crippen molar-refractivity contribution in [3.05, 3.63) is 22.4 Å². The first-order valence-electron chi connectivity index (χ1n) is 7.79. The van der Waals surface area contributed by atoms with Gasteiger partial charge in [0.25, 0.3) is 0 Å². The number of ether oxygens (including phenoxy) is 1. The summed E-state index contributed by atoms with van der Waals surface area (Å²) in [6.07, 6.45) is 7.82. The molecule has 1 heterocycles. The molecule has 3 rings (SSSR count). The minimum absolute atomic E-state index is 0.157. The molecule has 0 bridgehead atoms. The van der Waals surface area contributed by atoms with Gasteiger partial charge >= 0.3 is 0 Å². The Labute approximate surface area is 126 Å². The van der Waals surface area contributed by atoms with Gasteiger partial charge in [0.15, 0.2) is 0 Å². The summed E-state index contributed by atoms with van der Waals surface area (Å²) in [6.45, 7) is 1.82. The zero-order chi connectivity index (χ0) is 14.0. The monoisotopic (exact) mass is 294 g/mol. The number of hydrogen-bond acceptors (Lipinski definition) is 4. The maximum Gasteiger partial charge on any atom is 0.0589 e. The molecule has 1 aromatic heterocycles. The van der Waals surface area contributed by atoms with Gasteiger partial charge in [-0.3, -0.25) is 4.90 Å². The Morgan fingerprint density at radius 1 is 1.45 bits per heavy atom. The van der Waals surface area contributed by atoms with E-state index in [4.69, 9.17) is 10.5 Å². The average Bonchev–Trinajstić information content (AvgIpc) is 3.20. The van der Waals surface area contributed by atoms with Crippen LogP contribution in [-0.2, 0) is 11.3 Å². The Morgan fingerprint density at radius 3 is 2.90 bits per heavy atom. The third kappa shape index (κ3) is 2.93. The third-order valence-electron chi connectivity index (χ3n) is 4.99. The van der Waals surface area contributed by atoms with E-state index in [9.17, 15) is 0 Å². The Morgan fingerprint density at radius 2 is 2.30 bits per heavy atom. The van der Waals surface area contributed by atoms with Crippen LogP contribution in [0.1, 0.15) is 43.4 Å². The fourth-order valence-electron chi connectivity index (χ4n) is 3.69. The summed E-state index contributed by atoms with van der Waals surface area (Å²) in [5.74, 6) is 0. The molecule has 2 aliphatic carbocycles. The first-order valence-corrected chi connectivity index (χ1v) is 8.67. The van der Waals surface area contributed by atoms with Crippen molar-refractivity contribution in [2.24, 2.45) is 5.73 Å². The maximum atomic E-state index is 6.26. The number of rotatable bonds is 6. The van der Waals surface area contributed by atoms with E-state index in [0.29, 0.717) is 6.10 Å². The van der Waals surface area contributed by atoms with Crippen LogP contribution in [0.2, 0.25) is 0 Å². The lowest BCUT2D eigenvalue weighted by atomic mass is 9.78. The lowest BCUT2D eigenvalue weighted by molar-refractivity contribution is -0.0294. The van der Waals surface area contributed by atoms with Crippen molar-refractivity contribution in [1.29, 1.82) is 0 Å². The van der Waals surface area contributed by atoms with Gasteiger partial charge in [-0.05, 0) is 50.0 Å². The zero-order valence-electron chi connectivity index (χ0n) is 12.4. The van der Waals surface area contributed by atoms with Gasteiger partial charge in [0.1, 0.15) is 0 Å². The minimum atomic E-state index is 0.157. The Bertz CT molecular complexity index is 418. The van der Waals surface area contributed by atoms with E-state index < -0.39 is 0 Å². The number of thiophene rings is 1. The second-order valence-electron chi connectivity index (χ2n) is 6.32. The number of nitrogens with two attached hydrogens (primary N) is 1. The quantitative estimate of drug-likeness (QED) is 0.876. The predicted octanol–water partition coefficient (Wildman–Crippen LogP) is 3.00. The normalized spacial score (nSPS) is 30.9. The third-order valence-corrected chi connectivity index (χ3v) is 5.85. The van der Waals surface area contributed by atoms with Gasteiger partial charge in [-0.25, -0.2) is 0 Å². The van der Waals surface area contributed by atoms with Gasteiger partial charge in [-0.15, -0.1) is 11.3 Å². The first-order chi connectivity index (χ1) is 9.77. The highest BCUT2D eigenvalue weighted by Crippen LogP contribution is 2.42. The second kappa shape index (κ2) is 6.14. The van der Waals surface area contributed by atoms with Crippen molar-refractivity contribution in [2.75, 3.05) is 13.7 Å². The van der Waals surface area contributed by atoms with Crippen LogP contribution < -0.4 is 5.73 Å². The van der Waals surface area contributed by atoms with Crippen molar-refractivity contribution in [3.8, 4) is 0 Å². The summed E-state index contributed by atoms with van der Waals surface area (Å²) in [6, 6.07) is 5.15. The highest BCUT2D eigenvalue weighted by atomic mass is 32.1. The summed E-state index contributed by atoms with van der Waals surface area (Å²) in [7, 11) is 1.85. The molecule has 2 N–H and O–H groups in total. The molecular formula is C16H26N2OS. The molecule has 3 nitrogen and oxygen atoms in total. The summed E-state index contributed by atoms with van der Waals surface area (Å²) in [5, 5.41) is 2.17. The molecule has 2 atom stereocenters. The molecule has 0 saturated heterocycles. The summed E-state index contributed by atoms with van der Waals surface area (Å²) in [4.78, 5) is 4.17. The van der Waals surface area contributed by atoms with Crippen LogP contribution in [0.25, 0.3) is 0 Å². The van der Waals surface area contributed by atoms with Crippen LogP contribution >= 0.6 is 11.3 Å². The van der Waals surface area contributed by atoms with E-state index in [1.165, 1.54) is 37.0 Å². The van der Waals surface area contributed by atoms with Gasteiger partial charge in [-0.2, -0.15) is 0 Å². The van der Waals surface area contributed by atoms with Gasteiger partial charge in [-0.1, -0.05) is 6.07 Å². The average molecular weight is 294 g/mol. The second-order valence-corrected chi connectivity index (χ2v) is 7.35. The van der Waals surface area contributed by atoms with E-state index in [-0.39, 0.29) is 5.54 Å². The van der Waals surface area contributed by atoms with Crippen LogP contribution in [0.15, 0.2) is 17.5 Å². The molecule has 112 valence electrons. The van der Waals surface area contributed by atoms with E-state index in [2.05, 4.69) is 22.4 Å². The fraction of sp³-hybridized carbons (Fsp3) is 0.750. The Balaban J connectivity index is 1.79. The van der Waals surface area contributed by atoms with Crippen LogP contribution in [0.5, 0.6) is 0 Å². The number of nitrogens with zero attached hydrogens (tertiary/aromatic N) is 1. The molecule has 0 aromatic carbocycles.